The minimum atomic E-state index is -0.185. The van der Waals surface area contributed by atoms with Gasteiger partial charge in [0.15, 0.2) is 11.5 Å². The van der Waals surface area contributed by atoms with Crippen molar-refractivity contribution >= 4 is 22.6 Å². The van der Waals surface area contributed by atoms with Crippen molar-refractivity contribution in [1.29, 1.82) is 0 Å². The maximum absolute atomic E-state index is 11.9. The lowest BCUT2D eigenvalue weighted by Crippen LogP contribution is -2.14. The van der Waals surface area contributed by atoms with E-state index in [0.717, 1.165) is 0 Å². The van der Waals surface area contributed by atoms with Gasteiger partial charge in [-0.15, -0.1) is 0 Å². The third kappa shape index (κ3) is 2.97. The van der Waals surface area contributed by atoms with Gasteiger partial charge >= 0.3 is 0 Å². The zero-order valence-corrected chi connectivity index (χ0v) is 14.3. The second-order valence-electron chi connectivity index (χ2n) is 4.22. The largest absolute Gasteiger partial charge is 0.496 e. The Morgan fingerprint density at radius 1 is 1.05 bits per heavy atom. The second kappa shape index (κ2) is 6.33. The van der Waals surface area contributed by atoms with Crippen LogP contribution in [0.25, 0.3) is 11.4 Å². The Kier molecular flexibility index (Phi) is 4.71. The van der Waals surface area contributed by atoms with Crippen LogP contribution in [0, 0.1) is 10.5 Å². The SMILES string of the molecule is COc1cc(OC)c(-c2nc(C)c(I)c(=O)[nH]2)cc1OC. The van der Waals surface area contributed by atoms with E-state index in [9.17, 15) is 4.79 Å². The van der Waals surface area contributed by atoms with E-state index in [0.29, 0.717) is 37.9 Å². The summed E-state index contributed by atoms with van der Waals surface area (Å²) in [5.74, 6) is 2.04. The van der Waals surface area contributed by atoms with Crippen LogP contribution in [0.15, 0.2) is 16.9 Å². The first-order valence-corrected chi connectivity index (χ1v) is 7.16. The smallest absolute Gasteiger partial charge is 0.264 e. The van der Waals surface area contributed by atoms with Crippen LogP contribution in [0.3, 0.4) is 0 Å². The van der Waals surface area contributed by atoms with Crippen molar-refractivity contribution in [2.45, 2.75) is 6.92 Å². The molecule has 1 N–H and O–H groups in total. The molecule has 2 aromatic rings. The number of rotatable bonds is 4. The molecule has 0 saturated carbocycles. The van der Waals surface area contributed by atoms with Crippen LogP contribution in [0.5, 0.6) is 17.2 Å². The van der Waals surface area contributed by atoms with Crippen molar-refractivity contribution in [3.8, 4) is 28.6 Å². The summed E-state index contributed by atoms with van der Waals surface area (Å²) in [6, 6.07) is 3.42. The number of hydrogen-bond acceptors (Lipinski definition) is 5. The van der Waals surface area contributed by atoms with E-state index in [1.165, 1.54) is 0 Å². The van der Waals surface area contributed by atoms with Crippen molar-refractivity contribution in [2.75, 3.05) is 21.3 Å². The summed E-state index contributed by atoms with van der Waals surface area (Å²) < 4.78 is 16.4. The van der Waals surface area contributed by atoms with E-state index in [1.54, 1.807) is 40.4 Å². The van der Waals surface area contributed by atoms with Crippen molar-refractivity contribution in [3.63, 3.8) is 0 Å². The zero-order valence-electron chi connectivity index (χ0n) is 12.1. The van der Waals surface area contributed by atoms with Gasteiger partial charge in [0.25, 0.3) is 5.56 Å². The molecule has 0 unspecified atom stereocenters. The van der Waals surface area contributed by atoms with Crippen LogP contribution in [-0.4, -0.2) is 31.3 Å². The Hall–Kier alpha value is -1.77. The number of methoxy groups -OCH3 is 3. The minimum absolute atomic E-state index is 0.185. The molecule has 0 spiro atoms. The number of aromatic nitrogens is 2. The van der Waals surface area contributed by atoms with Crippen molar-refractivity contribution < 1.29 is 14.2 Å². The molecular formula is C14H15IN2O4. The quantitative estimate of drug-likeness (QED) is 0.796. The van der Waals surface area contributed by atoms with Gasteiger partial charge in [-0.25, -0.2) is 4.98 Å². The number of nitrogens with zero attached hydrogens (tertiary/aromatic N) is 1. The molecular weight excluding hydrogens is 387 g/mol. The highest BCUT2D eigenvalue weighted by Crippen LogP contribution is 2.38. The van der Waals surface area contributed by atoms with Crippen LogP contribution in [0.4, 0.5) is 0 Å². The molecule has 1 aromatic heterocycles. The van der Waals surface area contributed by atoms with Gasteiger partial charge in [0, 0.05) is 6.07 Å². The number of ether oxygens (including phenoxy) is 3. The Labute approximate surface area is 135 Å². The second-order valence-corrected chi connectivity index (χ2v) is 5.30. The van der Waals surface area contributed by atoms with E-state index < -0.39 is 0 Å². The molecule has 0 aliphatic heterocycles. The average molecular weight is 402 g/mol. The predicted octanol–water partition coefficient (Wildman–Crippen LogP) is 2.38. The lowest BCUT2D eigenvalue weighted by Gasteiger charge is -2.14. The topological polar surface area (TPSA) is 73.4 Å². The van der Waals surface area contributed by atoms with Gasteiger partial charge in [-0.05, 0) is 35.6 Å². The summed E-state index contributed by atoms with van der Waals surface area (Å²) in [5, 5.41) is 0. The highest BCUT2D eigenvalue weighted by atomic mass is 127. The van der Waals surface area contributed by atoms with Gasteiger partial charge in [0.05, 0.1) is 36.2 Å². The molecule has 1 aromatic carbocycles. The molecule has 0 radical (unpaired) electrons. The lowest BCUT2D eigenvalue weighted by atomic mass is 10.1. The maximum atomic E-state index is 11.9. The fourth-order valence-corrected chi connectivity index (χ4v) is 2.17. The fraction of sp³-hybridized carbons (Fsp3) is 0.286. The molecule has 0 fully saturated rings. The predicted molar refractivity (Wildman–Crippen MR) is 87.4 cm³/mol. The monoisotopic (exact) mass is 402 g/mol. The third-order valence-corrected chi connectivity index (χ3v) is 4.26. The van der Waals surface area contributed by atoms with E-state index in [1.807, 2.05) is 22.6 Å². The molecule has 1 heterocycles. The van der Waals surface area contributed by atoms with E-state index in [-0.39, 0.29) is 5.56 Å². The van der Waals surface area contributed by atoms with Crippen LogP contribution < -0.4 is 19.8 Å². The first-order chi connectivity index (χ1) is 10.0. The van der Waals surface area contributed by atoms with Gasteiger partial charge in [-0.3, -0.25) is 4.79 Å². The molecule has 0 aliphatic rings. The molecule has 0 amide bonds. The number of halogens is 1. The Bertz CT molecular complexity index is 728. The van der Waals surface area contributed by atoms with E-state index in [2.05, 4.69) is 9.97 Å². The molecule has 0 atom stereocenters. The van der Waals surface area contributed by atoms with E-state index in [4.69, 9.17) is 14.2 Å². The Balaban J connectivity index is 2.70. The number of aryl methyl sites for hydroxylation is 1. The average Bonchev–Trinajstić information content (AvgIpc) is 2.50. The molecule has 112 valence electrons. The third-order valence-electron chi connectivity index (χ3n) is 2.99. The molecule has 2 rings (SSSR count). The van der Waals surface area contributed by atoms with Gasteiger partial charge < -0.3 is 19.2 Å². The van der Waals surface area contributed by atoms with Crippen LogP contribution in [-0.2, 0) is 0 Å². The number of benzene rings is 1. The minimum Gasteiger partial charge on any atom is -0.496 e. The van der Waals surface area contributed by atoms with Gasteiger partial charge in [-0.2, -0.15) is 0 Å². The highest BCUT2D eigenvalue weighted by molar-refractivity contribution is 14.1. The Morgan fingerprint density at radius 3 is 2.14 bits per heavy atom. The molecule has 0 aliphatic carbocycles. The zero-order chi connectivity index (χ0) is 15.6. The van der Waals surface area contributed by atoms with Crippen LogP contribution in [0.2, 0.25) is 0 Å². The van der Waals surface area contributed by atoms with Crippen molar-refractivity contribution in [1.82, 2.24) is 9.97 Å². The van der Waals surface area contributed by atoms with Crippen LogP contribution >= 0.6 is 22.6 Å². The summed E-state index contributed by atoms with van der Waals surface area (Å²) in [6.45, 7) is 1.79. The van der Waals surface area contributed by atoms with Crippen molar-refractivity contribution in [2.24, 2.45) is 0 Å². The summed E-state index contributed by atoms with van der Waals surface area (Å²) >= 11 is 1.97. The number of H-pyrrole nitrogens is 1. The summed E-state index contributed by atoms with van der Waals surface area (Å²) in [5.41, 5.74) is 1.10. The molecule has 0 saturated heterocycles. The molecule has 6 nitrogen and oxygen atoms in total. The standard InChI is InChI=1S/C14H15IN2O4/c1-7-12(15)14(18)17-13(16-7)8-5-10(20-3)11(21-4)6-9(8)19-2/h5-6H,1-4H3,(H,16,17,18). The van der Waals surface area contributed by atoms with Gasteiger partial charge in [0.2, 0.25) is 0 Å². The fourth-order valence-electron chi connectivity index (χ4n) is 1.91. The normalized spacial score (nSPS) is 10.3. The lowest BCUT2D eigenvalue weighted by molar-refractivity contribution is 0.349. The van der Waals surface area contributed by atoms with Crippen LogP contribution in [0.1, 0.15) is 5.69 Å². The number of nitrogens with one attached hydrogen (secondary N) is 1. The van der Waals surface area contributed by atoms with E-state index >= 15 is 0 Å². The maximum Gasteiger partial charge on any atom is 0.264 e. The van der Waals surface area contributed by atoms with Gasteiger partial charge in [-0.1, -0.05) is 0 Å². The molecule has 7 heteroatoms. The van der Waals surface area contributed by atoms with Gasteiger partial charge in [0.1, 0.15) is 11.6 Å². The number of aromatic amines is 1. The molecule has 0 bridgehead atoms. The summed E-state index contributed by atoms with van der Waals surface area (Å²) in [7, 11) is 4.64. The first kappa shape index (κ1) is 15.6. The first-order valence-electron chi connectivity index (χ1n) is 6.08. The Morgan fingerprint density at radius 2 is 1.62 bits per heavy atom. The number of hydrogen-bond donors (Lipinski definition) is 1. The summed E-state index contributed by atoms with van der Waals surface area (Å²) in [4.78, 5) is 19.1. The van der Waals surface area contributed by atoms with Crippen molar-refractivity contribution in [3.05, 3.63) is 31.8 Å². The summed E-state index contributed by atoms with van der Waals surface area (Å²) in [6.07, 6.45) is 0. The highest BCUT2D eigenvalue weighted by Gasteiger charge is 2.16. The molecule has 21 heavy (non-hydrogen) atoms.